The highest BCUT2D eigenvalue weighted by Gasteiger charge is 2.09. The Balaban J connectivity index is 2.16. The van der Waals surface area contributed by atoms with E-state index in [1.165, 1.54) is 6.07 Å². The van der Waals surface area contributed by atoms with Gasteiger partial charge in [0.05, 0.1) is 0 Å². The summed E-state index contributed by atoms with van der Waals surface area (Å²) >= 11 is 0. The minimum atomic E-state index is -0.327. The minimum Gasteiger partial charge on any atom is -0.385 e. The molecular formula is C17H19FN2O. The van der Waals surface area contributed by atoms with Crippen LogP contribution in [0.15, 0.2) is 36.4 Å². The van der Waals surface area contributed by atoms with Gasteiger partial charge in [0.1, 0.15) is 5.82 Å². The van der Waals surface area contributed by atoms with Crippen molar-refractivity contribution < 1.29 is 9.18 Å². The zero-order chi connectivity index (χ0) is 15.4. The number of amides is 1. The fourth-order valence-electron chi connectivity index (χ4n) is 2.07. The highest BCUT2D eigenvalue weighted by atomic mass is 19.1. The second-order valence-corrected chi connectivity index (χ2v) is 4.98. The van der Waals surface area contributed by atoms with Gasteiger partial charge in [-0.2, -0.15) is 0 Å². The van der Waals surface area contributed by atoms with Crippen LogP contribution in [0.3, 0.4) is 0 Å². The van der Waals surface area contributed by atoms with Gasteiger partial charge in [0.25, 0.3) is 5.91 Å². The number of aryl methyl sites for hydroxylation is 2. The van der Waals surface area contributed by atoms with Crippen molar-refractivity contribution in [2.75, 3.05) is 17.2 Å². The predicted octanol–water partition coefficient (Wildman–Crippen LogP) is 4.13. The first-order valence-corrected chi connectivity index (χ1v) is 6.93. The Labute approximate surface area is 124 Å². The van der Waals surface area contributed by atoms with Gasteiger partial charge in [0, 0.05) is 23.5 Å². The highest BCUT2D eigenvalue weighted by Crippen LogP contribution is 2.18. The van der Waals surface area contributed by atoms with Crippen molar-refractivity contribution in [3.05, 3.63) is 58.9 Å². The molecule has 4 heteroatoms. The quantitative estimate of drug-likeness (QED) is 0.887. The Bertz CT molecular complexity index is 668. The largest absolute Gasteiger partial charge is 0.385 e. The van der Waals surface area contributed by atoms with Crippen LogP contribution >= 0.6 is 0 Å². The molecule has 0 unspecified atom stereocenters. The minimum absolute atomic E-state index is 0.246. The highest BCUT2D eigenvalue weighted by molar-refractivity contribution is 6.04. The molecule has 0 atom stereocenters. The molecule has 21 heavy (non-hydrogen) atoms. The zero-order valence-corrected chi connectivity index (χ0v) is 12.5. The van der Waals surface area contributed by atoms with Crippen LogP contribution < -0.4 is 10.6 Å². The molecule has 2 N–H and O–H groups in total. The van der Waals surface area contributed by atoms with Crippen LogP contribution in [0.2, 0.25) is 0 Å². The van der Waals surface area contributed by atoms with Crippen molar-refractivity contribution in [1.29, 1.82) is 0 Å². The van der Waals surface area contributed by atoms with E-state index in [9.17, 15) is 9.18 Å². The molecule has 0 aromatic heterocycles. The van der Waals surface area contributed by atoms with Crippen LogP contribution in [0.5, 0.6) is 0 Å². The average molecular weight is 286 g/mol. The predicted molar refractivity (Wildman–Crippen MR) is 84.4 cm³/mol. The Morgan fingerprint density at radius 2 is 1.86 bits per heavy atom. The van der Waals surface area contributed by atoms with E-state index in [-0.39, 0.29) is 11.7 Å². The smallest absolute Gasteiger partial charge is 0.255 e. The third-order valence-electron chi connectivity index (χ3n) is 3.29. The van der Waals surface area contributed by atoms with Gasteiger partial charge in [-0.1, -0.05) is 6.07 Å². The average Bonchev–Trinajstić information content (AvgIpc) is 2.45. The maximum atomic E-state index is 13.5. The van der Waals surface area contributed by atoms with E-state index >= 15 is 0 Å². The summed E-state index contributed by atoms with van der Waals surface area (Å²) in [7, 11) is 0. The first-order valence-electron chi connectivity index (χ1n) is 6.93. The zero-order valence-electron chi connectivity index (χ0n) is 12.5. The summed E-state index contributed by atoms with van der Waals surface area (Å²) in [6.07, 6.45) is 0. The van der Waals surface area contributed by atoms with Gasteiger partial charge in [-0.05, 0) is 62.2 Å². The standard InChI is InChI=1S/C17H19FN2O/c1-4-19-16-8-6-13(9-12(16)3)17(21)20-14-7-5-11(2)15(18)10-14/h5-10,19H,4H2,1-3H3,(H,20,21). The third-order valence-corrected chi connectivity index (χ3v) is 3.29. The van der Waals surface area contributed by atoms with Crippen molar-refractivity contribution in [2.24, 2.45) is 0 Å². The lowest BCUT2D eigenvalue weighted by molar-refractivity contribution is 0.102. The fourth-order valence-corrected chi connectivity index (χ4v) is 2.07. The molecule has 0 fully saturated rings. The summed E-state index contributed by atoms with van der Waals surface area (Å²) in [6, 6.07) is 10.1. The lowest BCUT2D eigenvalue weighted by atomic mass is 10.1. The summed E-state index contributed by atoms with van der Waals surface area (Å²) in [4.78, 5) is 12.2. The fraction of sp³-hybridized carbons (Fsp3) is 0.235. The molecule has 2 rings (SSSR count). The number of hydrogen-bond acceptors (Lipinski definition) is 2. The number of hydrogen-bond donors (Lipinski definition) is 2. The van der Waals surface area contributed by atoms with Crippen LogP contribution in [-0.4, -0.2) is 12.5 Å². The Morgan fingerprint density at radius 1 is 1.10 bits per heavy atom. The Kier molecular flexibility index (Phi) is 4.58. The number of carbonyl (C=O) groups is 1. The molecule has 0 saturated carbocycles. The second-order valence-electron chi connectivity index (χ2n) is 4.98. The van der Waals surface area contributed by atoms with Gasteiger partial charge >= 0.3 is 0 Å². The second kappa shape index (κ2) is 6.39. The van der Waals surface area contributed by atoms with Gasteiger partial charge < -0.3 is 10.6 Å². The molecule has 0 aliphatic heterocycles. The van der Waals surface area contributed by atoms with Crippen LogP contribution in [0.4, 0.5) is 15.8 Å². The van der Waals surface area contributed by atoms with Crippen molar-refractivity contribution in [3.63, 3.8) is 0 Å². The SMILES string of the molecule is CCNc1ccc(C(=O)Nc2ccc(C)c(F)c2)cc1C. The lowest BCUT2D eigenvalue weighted by Gasteiger charge is -2.10. The van der Waals surface area contributed by atoms with Gasteiger partial charge in [0.2, 0.25) is 0 Å². The summed E-state index contributed by atoms with van der Waals surface area (Å²) in [6.45, 7) is 6.48. The van der Waals surface area contributed by atoms with E-state index in [0.717, 1.165) is 17.8 Å². The van der Waals surface area contributed by atoms with Gasteiger partial charge in [-0.25, -0.2) is 4.39 Å². The summed E-state index contributed by atoms with van der Waals surface area (Å²) in [5.41, 5.74) is 3.57. The molecule has 110 valence electrons. The van der Waals surface area contributed by atoms with Crippen LogP contribution in [0.25, 0.3) is 0 Å². The van der Waals surface area contributed by atoms with Crippen molar-refractivity contribution in [1.82, 2.24) is 0 Å². The summed E-state index contributed by atoms with van der Waals surface area (Å²) in [5, 5.41) is 5.93. The normalized spacial score (nSPS) is 10.3. The molecule has 0 saturated heterocycles. The molecule has 0 radical (unpaired) electrons. The molecule has 0 aliphatic carbocycles. The van der Waals surface area contributed by atoms with Crippen LogP contribution in [0.1, 0.15) is 28.4 Å². The summed E-state index contributed by atoms with van der Waals surface area (Å²) in [5.74, 6) is -0.573. The van der Waals surface area contributed by atoms with Gasteiger partial charge in [0.15, 0.2) is 0 Å². The first kappa shape index (κ1) is 15.0. The van der Waals surface area contributed by atoms with Crippen LogP contribution in [-0.2, 0) is 0 Å². The number of nitrogens with one attached hydrogen (secondary N) is 2. The number of rotatable bonds is 4. The topological polar surface area (TPSA) is 41.1 Å². The Hall–Kier alpha value is -2.36. The molecule has 0 heterocycles. The van der Waals surface area contributed by atoms with Crippen molar-refractivity contribution >= 4 is 17.3 Å². The molecule has 0 bridgehead atoms. The van der Waals surface area contributed by atoms with Crippen LogP contribution in [0, 0.1) is 19.7 Å². The molecule has 1 amide bonds. The summed E-state index contributed by atoms with van der Waals surface area (Å²) < 4.78 is 13.5. The van der Waals surface area contributed by atoms with E-state index in [1.807, 2.05) is 26.0 Å². The van der Waals surface area contributed by atoms with E-state index in [1.54, 1.807) is 25.1 Å². The molecule has 0 spiro atoms. The van der Waals surface area contributed by atoms with Gasteiger partial charge in [-0.15, -0.1) is 0 Å². The Morgan fingerprint density at radius 3 is 2.48 bits per heavy atom. The molecule has 3 nitrogen and oxygen atoms in total. The third kappa shape index (κ3) is 3.60. The van der Waals surface area contributed by atoms with E-state index < -0.39 is 0 Å². The monoisotopic (exact) mass is 286 g/mol. The molecular weight excluding hydrogens is 267 g/mol. The van der Waals surface area contributed by atoms with Crippen molar-refractivity contribution in [2.45, 2.75) is 20.8 Å². The number of anilines is 2. The number of halogens is 1. The van der Waals surface area contributed by atoms with Crippen molar-refractivity contribution in [3.8, 4) is 0 Å². The maximum Gasteiger partial charge on any atom is 0.255 e. The molecule has 2 aromatic carbocycles. The molecule has 2 aromatic rings. The number of carbonyl (C=O) groups excluding carboxylic acids is 1. The van der Waals surface area contributed by atoms with E-state index in [4.69, 9.17) is 0 Å². The van der Waals surface area contributed by atoms with Gasteiger partial charge in [-0.3, -0.25) is 4.79 Å². The first-order chi connectivity index (χ1) is 10.0. The number of benzene rings is 2. The van der Waals surface area contributed by atoms with E-state index in [0.29, 0.717) is 16.8 Å². The molecule has 0 aliphatic rings. The maximum absolute atomic E-state index is 13.5. The van der Waals surface area contributed by atoms with E-state index in [2.05, 4.69) is 10.6 Å². The lowest BCUT2D eigenvalue weighted by Crippen LogP contribution is -2.12.